The van der Waals surface area contributed by atoms with E-state index in [-0.39, 0.29) is 0 Å². The highest BCUT2D eigenvalue weighted by Crippen LogP contribution is 2.16. The molecule has 0 aliphatic rings. The van der Waals surface area contributed by atoms with Gasteiger partial charge >= 0.3 is 0 Å². The van der Waals surface area contributed by atoms with Crippen LogP contribution in [0.15, 0.2) is 47.2 Å². The van der Waals surface area contributed by atoms with Gasteiger partial charge in [0.25, 0.3) is 0 Å². The monoisotopic (exact) mass is 242 g/mol. The van der Waals surface area contributed by atoms with Crippen molar-refractivity contribution in [1.82, 2.24) is 20.2 Å². The zero-order chi connectivity index (χ0) is 11.5. The molecule has 3 rings (SSSR count). The van der Waals surface area contributed by atoms with Crippen LogP contribution in [0.25, 0.3) is 11.4 Å². The fourth-order valence-electron chi connectivity index (χ4n) is 1.56. The zero-order valence-corrected chi connectivity index (χ0v) is 9.84. The van der Waals surface area contributed by atoms with Gasteiger partial charge in [-0.2, -0.15) is 16.1 Å². The molecule has 0 saturated carbocycles. The van der Waals surface area contributed by atoms with Crippen molar-refractivity contribution in [3.8, 4) is 11.4 Å². The minimum Gasteiger partial charge on any atom is -0.159 e. The van der Waals surface area contributed by atoms with Gasteiger partial charge in [0.05, 0.1) is 6.54 Å². The molecule has 2 aromatic heterocycles. The van der Waals surface area contributed by atoms with Crippen molar-refractivity contribution in [2.75, 3.05) is 0 Å². The SMILES string of the molecule is c1ccc(Cn2nnc(-c3ccsc3)n2)cc1. The lowest BCUT2D eigenvalue weighted by atomic mass is 10.2. The normalized spacial score (nSPS) is 10.6. The minimum atomic E-state index is 0.651. The molecule has 1 aromatic carbocycles. The number of tetrazole rings is 1. The minimum absolute atomic E-state index is 0.651. The third-order valence-corrected chi connectivity index (χ3v) is 3.08. The molecule has 17 heavy (non-hydrogen) atoms. The first kappa shape index (κ1) is 10.2. The zero-order valence-electron chi connectivity index (χ0n) is 9.02. The van der Waals surface area contributed by atoms with E-state index in [2.05, 4.69) is 15.4 Å². The van der Waals surface area contributed by atoms with Gasteiger partial charge in [0.15, 0.2) is 0 Å². The number of nitrogens with zero attached hydrogens (tertiary/aromatic N) is 4. The van der Waals surface area contributed by atoms with Crippen LogP contribution in [0.3, 0.4) is 0 Å². The van der Waals surface area contributed by atoms with Crippen LogP contribution in [0.4, 0.5) is 0 Å². The molecule has 2 heterocycles. The molecule has 0 bridgehead atoms. The molecule has 0 radical (unpaired) electrons. The Kier molecular flexibility index (Phi) is 2.67. The van der Waals surface area contributed by atoms with Crippen LogP contribution in [0.2, 0.25) is 0 Å². The Bertz CT molecular complexity index is 586. The van der Waals surface area contributed by atoms with Gasteiger partial charge in [0.1, 0.15) is 0 Å². The fraction of sp³-hybridized carbons (Fsp3) is 0.0833. The van der Waals surface area contributed by atoms with Gasteiger partial charge in [0, 0.05) is 10.9 Å². The summed E-state index contributed by atoms with van der Waals surface area (Å²) in [7, 11) is 0. The maximum Gasteiger partial charge on any atom is 0.205 e. The molecular weight excluding hydrogens is 232 g/mol. The highest BCUT2D eigenvalue weighted by Gasteiger charge is 2.05. The van der Waals surface area contributed by atoms with E-state index in [1.807, 2.05) is 47.2 Å². The van der Waals surface area contributed by atoms with Crippen LogP contribution in [0.1, 0.15) is 5.56 Å². The Hall–Kier alpha value is -2.01. The summed E-state index contributed by atoms with van der Waals surface area (Å²) in [5, 5.41) is 16.5. The van der Waals surface area contributed by atoms with Crippen molar-refractivity contribution in [1.29, 1.82) is 0 Å². The lowest BCUT2D eigenvalue weighted by Gasteiger charge is -1.97. The number of rotatable bonds is 3. The first-order valence-electron chi connectivity index (χ1n) is 5.26. The average molecular weight is 242 g/mol. The molecule has 0 amide bonds. The Labute approximate surface area is 103 Å². The summed E-state index contributed by atoms with van der Waals surface area (Å²) < 4.78 is 0. The van der Waals surface area contributed by atoms with Gasteiger partial charge in [-0.05, 0) is 22.2 Å². The Morgan fingerprint density at radius 1 is 1.12 bits per heavy atom. The van der Waals surface area contributed by atoms with Crippen molar-refractivity contribution in [2.45, 2.75) is 6.54 Å². The summed E-state index contributed by atoms with van der Waals surface area (Å²) >= 11 is 1.63. The van der Waals surface area contributed by atoms with E-state index >= 15 is 0 Å². The van der Waals surface area contributed by atoms with E-state index in [4.69, 9.17) is 0 Å². The number of benzene rings is 1. The Morgan fingerprint density at radius 2 is 2.00 bits per heavy atom. The van der Waals surface area contributed by atoms with Crippen molar-refractivity contribution in [3.05, 3.63) is 52.7 Å². The van der Waals surface area contributed by atoms with Crippen molar-refractivity contribution in [3.63, 3.8) is 0 Å². The van der Waals surface area contributed by atoms with E-state index in [9.17, 15) is 0 Å². The standard InChI is InChI=1S/C12H10N4S/c1-2-4-10(5-3-1)8-16-14-12(13-15-16)11-6-7-17-9-11/h1-7,9H,8H2. The maximum absolute atomic E-state index is 4.35. The van der Waals surface area contributed by atoms with E-state index in [1.54, 1.807) is 16.1 Å². The number of thiophene rings is 1. The Morgan fingerprint density at radius 3 is 2.76 bits per heavy atom. The quantitative estimate of drug-likeness (QED) is 0.708. The van der Waals surface area contributed by atoms with E-state index in [0.717, 1.165) is 5.56 Å². The van der Waals surface area contributed by atoms with Crippen molar-refractivity contribution >= 4 is 11.3 Å². The van der Waals surface area contributed by atoms with Gasteiger partial charge in [-0.3, -0.25) is 0 Å². The molecule has 0 spiro atoms. The predicted molar refractivity (Wildman–Crippen MR) is 66.7 cm³/mol. The summed E-state index contributed by atoms with van der Waals surface area (Å²) in [6.07, 6.45) is 0. The molecule has 0 fully saturated rings. The number of hydrogen-bond acceptors (Lipinski definition) is 4. The topological polar surface area (TPSA) is 43.6 Å². The van der Waals surface area contributed by atoms with Gasteiger partial charge < -0.3 is 0 Å². The molecular formula is C12H10N4S. The maximum atomic E-state index is 4.35. The van der Waals surface area contributed by atoms with Crippen LogP contribution >= 0.6 is 11.3 Å². The molecule has 0 N–H and O–H groups in total. The van der Waals surface area contributed by atoms with Crippen molar-refractivity contribution in [2.24, 2.45) is 0 Å². The van der Waals surface area contributed by atoms with E-state index in [0.29, 0.717) is 12.4 Å². The smallest absolute Gasteiger partial charge is 0.159 e. The van der Waals surface area contributed by atoms with E-state index < -0.39 is 0 Å². The van der Waals surface area contributed by atoms with Crippen LogP contribution in [-0.4, -0.2) is 20.2 Å². The number of aromatic nitrogens is 4. The molecule has 0 aliphatic heterocycles. The van der Waals surface area contributed by atoms with E-state index in [1.165, 1.54) is 5.56 Å². The fourth-order valence-corrected chi connectivity index (χ4v) is 2.20. The average Bonchev–Trinajstić information content (AvgIpc) is 3.00. The Balaban J connectivity index is 1.82. The molecule has 84 valence electrons. The van der Waals surface area contributed by atoms with Gasteiger partial charge in [-0.1, -0.05) is 30.3 Å². The second kappa shape index (κ2) is 4.47. The molecule has 0 unspecified atom stereocenters. The lowest BCUT2D eigenvalue weighted by Crippen LogP contribution is -2.03. The second-order valence-corrected chi connectivity index (χ2v) is 4.42. The highest BCUT2D eigenvalue weighted by atomic mass is 32.1. The van der Waals surface area contributed by atoms with Crippen LogP contribution in [0.5, 0.6) is 0 Å². The van der Waals surface area contributed by atoms with Crippen LogP contribution in [0, 0.1) is 0 Å². The molecule has 0 saturated heterocycles. The van der Waals surface area contributed by atoms with Gasteiger partial charge in [0.2, 0.25) is 5.82 Å². The summed E-state index contributed by atoms with van der Waals surface area (Å²) in [5.41, 5.74) is 2.19. The predicted octanol–water partition coefficient (Wildman–Crippen LogP) is 2.45. The molecule has 0 aliphatic carbocycles. The number of hydrogen-bond donors (Lipinski definition) is 0. The van der Waals surface area contributed by atoms with Gasteiger partial charge in [-0.15, -0.1) is 10.2 Å². The summed E-state index contributed by atoms with van der Waals surface area (Å²) in [6.45, 7) is 0.651. The summed E-state index contributed by atoms with van der Waals surface area (Å²) in [6, 6.07) is 12.1. The van der Waals surface area contributed by atoms with Crippen LogP contribution in [-0.2, 0) is 6.54 Å². The third kappa shape index (κ3) is 2.24. The van der Waals surface area contributed by atoms with Crippen molar-refractivity contribution < 1.29 is 0 Å². The largest absolute Gasteiger partial charge is 0.205 e. The first-order valence-corrected chi connectivity index (χ1v) is 6.20. The molecule has 5 heteroatoms. The molecule has 0 atom stereocenters. The van der Waals surface area contributed by atoms with Gasteiger partial charge in [-0.25, -0.2) is 0 Å². The lowest BCUT2D eigenvalue weighted by molar-refractivity contribution is 0.573. The first-order chi connectivity index (χ1) is 8.42. The molecule has 4 nitrogen and oxygen atoms in total. The van der Waals surface area contributed by atoms with Crippen LogP contribution < -0.4 is 0 Å². The second-order valence-electron chi connectivity index (χ2n) is 3.64. The third-order valence-electron chi connectivity index (χ3n) is 2.40. The molecule has 3 aromatic rings. The summed E-state index contributed by atoms with van der Waals surface area (Å²) in [5.74, 6) is 0.683. The summed E-state index contributed by atoms with van der Waals surface area (Å²) in [4.78, 5) is 1.61. The highest BCUT2D eigenvalue weighted by molar-refractivity contribution is 7.08.